The molecule has 0 radical (unpaired) electrons. The van der Waals surface area contributed by atoms with E-state index in [1.54, 1.807) is 25.4 Å². The lowest BCUT2D eigenvalue weighted by atomic mass is 10.0. The van der Waals surface area contributed by atoms with Gasteiger partial charge in [0.1, 0.15) is 5.78 Å². The zero-order valence-corrected chi connectivity index (χ0v) is 18.9. The summed E-state index contributed by atoms with van der Waals surface area (Å²) in [6.45, 7) is 10.7. The molecule has 0 aliphatic heterocycles. The number of carboxylic acid groups (broad SMARTS) is 1. The van der Waals surface area contributed by atoms with Crippen molar-refractivity contribution in [2.75, 3.05) is 13.1 Å². The summed E-state index contributed by atoms with van der Waals surface area (Å²) in [4.78, 5) is 26.7. The highest BCUT2D eigenvalue weighted by molar-refractivity contribution is 5.86. The fourth-order valence-electron chi connectivity index (χ4n) is 2.29. The lowest BCUT2D eigenvalue weighted by Crippen LogP contribution is -2.14. The number of carbonyl (C=O) groups excluding carboxylic acids is 1. The van der Waals surface area contributed by atoms with Gasteiger partial charge < -0.3 is 10.4 Å². The zero-order valence-electron chi connectivity index (χ0n) is 18.9. The van der Waals surface area contributed by atoms with Crippen molar-refractivity contribution in [1.29, 1.82) is 0 Å². The van der Waals surface area contributed by atoms with Gasteiger partial charge in [-0.05, 0) is 32.6 Å². The fraction of sp³-hybridized carbons (Fsp3) is 0.542. The van der Waals surface area contributed by atoms with Crippen molar-refractivity contribution in [3.63, 3.8) is 0 Å². The quantitative estimate of drug-likeness (QED) is 0.153. The molecule has 0 spiro atoms. The van der Waals surface area contributed by atoms with Gasteiger partial charge in [-0.15, -0.1) is 0 Å². The average Bonchev–Trinajstić information content (AvgIpc) is 3.00. The van der Waals surface area contributed by atoms with Crippen molar-refractivity contribution >= 4 is 18.1 Å². The van der Waals surface area contributed by atoms with Gasteiger partial charge in [0.25, 0.3) is 0 Å². The number of nitrogens with zero attached hydrogens (tertiary/aromatic N) is 1. The first-order chi connectivity index (χ1) is 14.1. The highest BCUT2D eigenvalue weighted by atomic mass is 16.4. The third-order valence-corrected chi connectivity index (χ3v) is 3.75. The molecule has 0 atom stereocenters. The van der Waals surface area contributed by atoms with Gasteiger partial charge in [0.15, 0.2) is 0 Å². The van der Waals surface area contributed by atoms with Crippen LogP contribution in [0.5, 0.6) is 0 Å². The second-order valence-electron chi connectivity index (χ2n) is 6.00. The zero-order chi connectivity index (χ0) is 22.3. The maximum atomic E-state index is 12.0. The maximum absolute atomic E-state index is 12.0. The standard InChI is InChI=1S/C20H28N2O3.2C2H6/c1-17(20(24)25)9-6-7-13-21-16-22-14-8-12-19(23)15-18-10-4-2-3-5-11-18;2*1-2/h2,4,6-7,9-10,16H,3,5,8,11-15H2,1H3,(H,21,22)(H,24,25);2*1-2H3/b7-6?,17-9+;;. The number of allylic oxidation sites excluding steroid dienone is 6. The summed E-state index contributed by atoms with van der Waals surface area (Å²) in [5.74, 6) is -0.625. The summed E-state index contributed by atoms with van der Waals surface area (Å²) < 4.78 is 0. The van der Waals surface area contributed by atoms with E-state index in [0.717, 1.165) is 32.2 Å². The third-order valence-electron chi connectivity index (χ3n) is 3.75. The molecule has 0 bridgehead atoms. The summed E-state index contributed by atoms with van der Waals surface area (Å²) in [7, 11) is 0. The minimum atomic E-state index is -0.920. The summed E-state index contributed by atoms with van der Waals surface area (Å²) >= 11 is 0. The molecular formula is C24H40N2O3. The predicted molar refractivity (Wildman–Crippen MR) is 125 cm³/mol. The fourth-order valence-corrected chi connectivity index (χ4v) is 2.29. The molecule has 0 aromatic carbocycles. The van der Waals surface area contributed by atoms with Gasteiger partial charge in [-0.3, -0.25) is 9.79 Å². The number of nitrogens with one attached hydrogen (secondary N) is 1. The number of hydrogen-bond donors (Lipinski definition) is 2. The van der Waals surface area contributed by atoms with E-state index in [4.69, 9.17) is 5.11 Å². The summed E-state index contributed by atoms with van der Waals surface area (Å²) in [6, 6.07) is 0. The average molecular weight is 405 g/mol. The number of aliphatic carboxylic acids is 1. The molecule has 5 nitrogen and oxygen atoms in total. The van der Waals surface area contributed by atoms with E-state index in [-0.39, 0.29) is 0 Å². The Labute approximate surface area is 177 Å². The van der Waals surface area contributed by atoms with Crippen molar-refractivity contribution in [2.45, 2.75) is 73.1 Å². The second-order valence-corrected chi connectivity index (χ2v) is 6.00. The number of carbonyl (C=O) groups is 2. The summed E-state index contributed by atoms with van der Waals surface area (Å²) in [6.07, 6.45) is 18.1. The predicted octanol–water partition coefficient (Wildman–Crippen LogP) is 5.65. The Kier molecular flexibility index (Phi) is 21.7. The van der Waals surface area contributed by atoms with Crippen molar-refractivity contribution in [3.05, 3.63) is 47.6 Å². The third kappa shape index (κ3) is 18.7. The Hall–Kier alpha value is -2.43. The molecule has 5 heteroatoms. The monoisotopic (exact) mass is 404 g/mol. The Morgan fingerprint density at radius 3 is 2.66 bits per heavy atom. The van der Waals surface area contributed by atoms with Gasteiger partial charge in [-0.1, -0.05) is 69.7 Å². The topological polar surface area (TPSA) is 78.8 Å². The van der Waals surface area contributed by atoms with E-state index in [1.165, 1.54) is 11.6 Å². The van der Waals surface area contributed by atoms with Crippen molar-refractivity contribution in [1.82, 2.24) is 5.32 Å². The van der Waals surface area contributed by atoms with Crippen LogP contribution in [0.2, 0.25) is 0 Å². The van der Waals surface area contributed by atoms with Crippen LogP contribution in [-0.2, 0) is 9.59 Å². The Morgan fingerprint density at radius 2 is 1.97 bits per heavy atom. The van der Waals surface area contributed by atoms with E-state index in [9.17, 15) is 9.59 Å². The van der Waals surface area contributed by atoms with Crippen molar-refractivity contribution < 1.29 is 14.7 Å². The minimum Gasteiger partial charge on any atom is -0.478 e. The number of aliphatic imine (C=N–C) groups is 1. The molecule has 0 unspecified atom stereocenters. The van der Waals surface area contributed by atoms with Gasteiger partial charge in [0, 0.05) is 25.0 Å². The van der Waals surface area contributed by atoms with Crippen LogP contribution in [0.1, 0.15) is 73.1 Å². The van der Waals surface area contributed by atoms with Crippen LogP contribution in [0, 0.1) is 0 Å². The van der Waals surface area contributed by atoms with Gasteiger partial charge in [-0.2, -0.15) is 0 Å². The highest BCUT2D eigenvalue weighted by Crippen LogP contribution is 2.16. The highest BCUT2D eigenvalue weighted by Gasteiger charge is 2.06. The number of Topliss-reactive ketones (excluding diaryl/α,β-unsaturated/α-hetero) is 1. The number of carboxylic acids is 1. The van der Waals surface area contributed by atoms with E-state index in [0.29, 0.717) is 30.7 Å². The first kappa shape index (κ1) is 28.8. The van der Waals surface area contributed by atoms with E-state index < -0.39 is 5.97 Å². The van der Waals surface area contributed by atoms with Crippen LogP contribution < -0.4 is 5.32 Å². The SMILES string of the molecule is C/C(=C\C=CCN=CNCCCC(=O)CC1=CC=CCCC1)C(=O)O.CC.CC. The number of ketones is 1. The first-order valence-electron chi connectivity index (χ1n) is 10.7. The van der Waals surface area contributed by atoms with Crippen molar-refractivity contribution in [2.24, 2.45) is 4.99 Å². The van der Waals surface area contributed by atoms with E-state index in [1.807, 2.05) is 27.7 Å². The van der Waals surface area contributed by atoms with Gasteiger partial charge >= 0.3 is 5.97 Å². The molecule has 29 heavy (non-hydrogen) atoms. The van der Waals surface area contributed by atoms with Crippen LogP contribution in [0.15, 0.2) is 52.6 Å². The first-order valence-corrected chi connectivity index (χ1v) is 10.7. The molecule has 0 saturated carbocycles. The molecule has 2 N–H and O–H groups in total. The van der Waals surface area contributed by atoms with E-state index in [2.05, 4.69) is 28.5 Å². The molecule has 0 heterocycles. The van der Waals surface area contributed by atoms with E-state index >= 15 is 0 Å². The van der Waals surface area contributed by atoms with Crippen LogP contribution in [0.25, 0.3) is 0 Å². The van der Waals surface area contributed by atoms with Gasteiger partial charge in [-0.25, -0.2) is 4.79 Å². The lowest BCUT2D eigenvalue weighted by molar-refractivity contribution is -0.132. The molecule has 0 fully saturated rings. The minimum absolute atomic E-state index is 0.290. The molecule has 1 aliphatic rings. The molecule has 0 aromatic heterocycles. The van der Waals surface area contributed by atoms with Crippen molar-refractivity contribution in [3.8, 4) is 0 Å². The Morgan fingerprint density at radius 1 is 1.24 bits per heavy atom. The molecule has 0 aromatic rings. The summed E-state index contributed by atoms with van der Waals surface area (Å²) in [5, 5.41) is 11.7. The summed E-state index contributed by atoms with van der Waals surface area (Å²) in [5.41, 5.74) is 1.53. The molecule has 0 saturated heterocycles. The maximum Gasteiger partial charge on any atom is 0.331 e. The molecule has 164 valence electrons. The molecule has 1 rings (SSSR count). The van der Waals surface area contributed by atoms with Gasteiger partial charge in [0.2, 0.25) is 0 Å². The Bertz CT molecular complexity index is 585. The van der Waals surface area contributed by atoms with Crippen LogP contribution in [-0.4, -0.2) is 36.3 Å². The molecule has 0 amide bonds. The van der Waals surface area contributed by atoms with Gasteiger partial charge in [0.05, 0.1) is 12.9 Å². The lowest BCUT2D eigenvalue weighted by Gasteiger charge is -2.04. The normalized spacial score (nSPS) is 13.7. The van der Waals surface area contributed by atoms with Crippen LogP contribution in [0.4, 0.5) is 0 Å². The van der Waals surface area contributed by atoms with Crippen LogP contribution >= 0.6 is 0 Å². The number of hydrogen-bond acceptors (Lipinski definition) is 3. The smallest absolute Gasteiger partial charge is 0.331 e. The second kappa shape index (κ2) is 21.9. The Balaban J connectivity index is 0. The molecule has 1 aliphatic carbocycles. The number of rotatable bonds is 11. The largest absolute Gasteiger partial charge is 0.478 e. The molecular weight excluding hydrogens is 364 g/mol. The van der Waals surface area contributed by atoms with Crippen LogP contribution in [0.3, 0.4) is 0 Å².